The Kier molecular flexibility index (Phi) is 6.88. The van der Waals surface area contributed by atoms with Crippen molar-refractivity contribution in [3.8, 4) is 16.9 Å². The highest BCUT2D eigenvalue weighted by Gasteiger charge is 2.32. The molecule has 4 rings (SSSR count). The van der Waals surface area contributed by atoms with Gasteiger partial charge in [-0.3, -0.25) is 4.79 Å². The van der Waals surface area contributed by atoms with Crippen molar-refractivity contribution in [2.45, 2.75) is 24.7 Å². The summed E-state index contributed by atoms with van der Waals surface area (Å²) in [5.74, 6) is -0.822. The number of benzene rings is 2. The normalized spacial score (nSPS) is 18.0. The molecule has 1 fully saturated rings. The average molecular weight is 508 g/mol. The summed E-state index contributed by atoms with van der Waals surface area (Å²) in [6.07, 6.45) is -0.607. The molecule has 0 radical (unpaired) electrons. The molecule has 2 aromatic carbocycles. The zero-order valence-corrected chi connectivity index (χ0v) is 19.1. The molecule has 2 heterocycles. The smallest absolute Gasteiger partial charge is 0.420 e. The minimum absolute atomic E-state index is 0.122. The van der Waals surface area contributed by atoms with Crippen LogP contribution in [0.15, 0.2) is 54.7 Å². The van der Waals surface area contributed by atoms with E-state index in [0.29, 0.717) is 22.6 Å². The van der Waals surface area contributed by atoms with E-state index in [-0.39, 0.29) is 24.4 Å². The van der Waals surface area contributed by atoms with Gasteiger partial charge in [0.25, 0.3) is 5.91 Å². The minimum Gasteiger partial charge on any atom is -0.420 e. The first-order valence-corrected chi connectivity index (χ1v) is 10.9. The lowest BCUT2D eigenvalue weighted by atomic mass is 9.99. The highest BCUT2D eigenvalue weighted by atomic mass is 35.5. The van der Waals surface area contributed by atoms with E-state index in [1.165, 1.54) is 42.6 Å². The van der Waals surface area contributed by atoms with Crippen LogP contribution in [0, 0.1) is 12.7 Å². The number of nitrogens with zero attached hydrogens (tertiary/aromatic N) is 2. The summed E-state index contributed by atoms with van der Waals surface area (Å²) in [5.41, 5.74) is -1.71. The number of anilines is 2. The third-order valence-electron chi connectivity index (χ3n) is 5.52. The fourth-order valence-corrected chi connectivity index (χ4v) is 3.89. The van der Waals surface area contributed by atoms with E-state index in [2.05, 4.69) is 15.0 Å². The molecule has 2 atom stereocenters. The molecule has 0 aliphatic carbocycles. The number of aryl methyl sites for hydroxylation is 1. The molecular formula is C24H21ClF3N3O4. The van der Waals surface area contributed by atoms with E-state index in [1.54, 1.807) is 24.0 Å². The van der Waals surface area contributed by atoms with E-state index in [9.17, 15) is 28.2 Å². The Hall–Kier alpha value is -3.34. The van der Waals surface area contributed by atoms with Crippen molar-refractivity contribution < 1.29 is 32.9 Å². The zero-order valence-electron chi connectivity index (χ0n) is 18.4. The number of alkyl halides is 3. The first-order valence-electron chi connectivity index (χ1n) is 10.5. The number of aliphatic hydroxyl groups excluding tert-OH is 2. The monoisotopic (exact) mass is 507 g/mol. The summed E-state index contributed by atoms with van der Waals surface area (Å²) in [4.78, 5) is 19.0. The summed E-state index contributed by atoms with van der Waals surface area (Å²) >= 11 is 4.75. The van der Waals surface area contributed by atoms with Gasteiger partial charge in [0.15, 0.2) is 0 Å². The molecule has 1 aliphatic rings. The van der Waals surface area contributed by atoms with Crippen molar-refractivity contribution in [3.63, 3.8) is 0 Å². The number of carbonyl (C=O) groups is 1. The Bertz CT molecular complexity index is 1230. The first-order chi connectivity index (χ1) is 16.5. The summed E-state index contributed by atoms with van der Waals surface area (Å²) in [6, 6.07) is 11.0. The Balaban J connectivity index is 1.64. The third kappa shape index (κ3) is 5.84. The second-order valence-corrected chi connectivity index (χ2v) is 8.56. The maximum Gasteiger partial charge on any atom is 0.487 e. The fourth-order valence-electron chi connectivity index (χ4n) is 3.80. The topological polar surface area (TPSA) is 94.9 Å². The summed E-state index contributed by atoms with van der Waals surface area (Å²) < 4.78 is 43.9. The van der Waals surface area contributed by atoms with Crippen LogP contribution in [0.4, 0.5) is 24.7 Å². The molecule has 35 heavy (non-hydrogen) atoms. The number of hydrogen-bond acceptors (Lipinski definition) is 6. The van der Waals surface area contributed by atoms with Gasteiger partial charge in [-0.2, -0.15) is 0 Å². The van der Waals surface area contributed by atoms with Crippen LogP contribution < -0.4 is 15.0 Å². The quantitative estimate of drug-likeness (QED) is 0.434. The number of amides is 1. The lowest BCUT2D eigenvalue weighted by Gasteiger charge is -2.22. The number of halogens is 4. The molecule has 184 valence electrons. The molecular weight excluding hydrogens is 487 g/mol. The van der Waals surface area contributed by atoms with Crippen LogP contribution in [0.5, 0.6) is 5.75 Å². The van der Waals surface area contributed by atoms with Crippen LogP contribution in [0.3, 0.4) is 0 Å². The van der Waals surface area contributed by atoms with Crippen molar-refractivity contribution in [2.24, 2.45) is 0 Å². The zero-order chi connectivity index (χ0) is 25.3. The predicted molar refractivity (Wildman–Crippen MR) is 124 cm³/mol. The van der Waals surface area contributed by atoms with E-state index in [1.807, 2.05) is 0 Å². The number of rotatable bonds is 6. The largest absolute Gasteiger partial charge is 0.487 e. The Morgan fingerprint density at radius 3 is 2.40 bits per heavy atom. The van der Waals surface area contributed by atoms with Crippen molar-refractivity contribution in [2.75, 3.05) is 23.3 Å². The summed E-state index contributed by atoms with van der Waals surface area (Å²) in [6.45, 7) is 2.03. The van der Waals surface area contributed by atoms with Gasteiger partial charge in [-0.1, -0.05) is 6.07 Å². The number of carbonyl (C=O) groups excluding carboxylic acids is 1. The molecule has 0 spiro atoms. The molecule has 1 saturated heterocycles. The maximum absolute atomic E-state index is 14.1. The predicted octanol–water partition coefficient (Wildman–Crippen LogP) is 4.16. The Morgan fingerprint density at radius 2 is 1.77 bits per heavy atom. The molecule has 1 aromatic heterocycles. The molecule has 11 heteroatoms. The number of aliphatic hydroxyl groups is 2. The van der Waals surface area contributed by atoms with Gasteiger partial charge in [-0.05, 0) is 60.5 Å². The van der Waals surface area contributed by atoms with Crippen LogP contribution in [0.1, 0.15) is 15.9 Å². The van der Waals surface area contributed by atoms with Gasteiger partial charge < -0.3 is 25.2 Å². The van der Waals surface area contributed by atoms with E-state index < -0.39 is 29.5 Å². The number of β-amino-alcohol motifs (C(OH)–C–C–N with tert-alkyl or cyclic N) is 2. The molecule has 0 saturated carbocycles. The highest BCUT2D eigenvalue weighted by Crippen LogP contribution is 2.35. The third-order valence-corrected chi connectivity index (χ3v) is 5.60. The SMILES string of the molecule is Cc1ccc(F)cc1-c1cc(C(=O)Nc2ccc(OC(F)(F)Cl)cc2)cnc1N1CC(O)C(O)C1. The Morgan fingerprint density at radius 1 is 1.11 bits per heavy atom. The minimum atomic E-state index is -3.86. The number of hydrogen-bond donors (Lipinski definition) is 3. The van der Waals surface area contributed by atoms with E-state index in [4.69, 9.17) is 11.6 Å². The number of nitrogens with one attached hydrogen (secondary N) is 1. The van der Waals surface area contributed by atoms with E-state index >= 15 is 0 Å². The second-order valence-electron chi connectivity index (χ2n) is 8.12. The van der Waals surface area contributed by atoms with Gasteiger partial charge in [0.05, 0.1) is 17.8 Å². The van der Waals surface area contributed by atoms with Gasteiger partial charge in [-0.25, -0.2) is 9.37 Å². The molecule has 1 aliphatic heterocycles. The van der Waals surface area contributed by atoms with Gasteiger partial charge in [0, 0.05) is 42.1 Å². The fraction of sp³-hybridized carbons (Fsp3) is 0.250. The molecule has 3 aromatic rings. The van der Waals surface area contributed by atoms with Crippen molar-refractivity contribution in [3.05, 3.63) is 71.7 Å². The van der Waals surface area contributed by atoms with Crippen LogP contribution in [-0.4, -0.2) is 52.0 Å². The number of ether oxygens (including phenoxy) is 1. The van der Waals surface area contributed by atoms with Gasteiger partial charge in [-0.15, -0.1) is 8.78 Å². The van der Waals surface area contributed by atoms with Crippen LogP contribution in [0.25, 0.3) is 11.1 Å². The second kappa shape index (κ2) is 9.73. The van der Waals surface area contributed by atoms with Crippen LogP contribution >= 0.6 is 11.6 Å². The highest BCUT2D eigenvalue weighted by molar-refractivity contribution is 6.20. The van der Waals surface area contributed by atoms with Gasteiger partial charge >= 0.3 is 5.57 Å². The number of pyridine rings is 1. The summed E-state index contributed by atoms with van der Waals surface area (Å²) in [7, 11) is 0. The van der Waals surface area contributed by atoms with Crippen molar-refractivity contribution >= 4 is 29.0 Å². The molecule has 1 amide bonds. The van der Waals surface area contributed by atoms with Crippen molar-refractivity contribution in [1.82, 2.24) is 4.98 Å². The van der Waals surface area contributed by atoms with Crippen LogP contribution in [-0.2, 0) is 0 Å². The maximum atomic E-state index is 14.1. The van der Waals surface area contributed by atoms with Crippen LogP contribution in [0.2, 0.25) is 0 Å². The summed E-state index contributed by atoms with van der Waals surface area (Å²) in [5, 5.41) is 22.6. The standard InChI is InChI=1S/C24H21ClF3N3O4/c1-13-2-3-15(26)9-18(13)19-8-14(10-29-22(19)31-11-20(32)21(33)12-31)23(34)30-16-4-6-17(7-5-16)35-24(25,27)28/h2-10,20-21,32-33H,11-12H2,1H3,(H,30,34). The van der Waals surface area contributed by atoms with Crippen molar-refractivity contribution in [1.29, 1.82) is 0 Å². The lowest BCUT2D eigenvalue weighted by molar-refractivity contribution is -0.0964. The molecule has 2 unspecified atom stereocenters. The molecule has 7 nitrogen and oxygen atoms in total. The van der Waals surface area contributed by atoms with Gasteiger partial charge in [0.1, 0.15) is 17.4 Å². The first kappa shape index (κ1) is 24.8. The lowest BCUT2D eigenvalue weighted by Crippen LogP contribution is -2.23. The molecule has 3 N–H and O–H groups in total. The van der Waals surface area contributed by atoms with E-state index in [0.717, 1.165) is 5.56 Å². The molecule has 0 bridgehead atoms. The number of aromatic nitrogens is 1. The van der Waals surface area contributed by atoms with Gasteiger partial charge in [0.2, 0.25) is 0 Å². The Labute approximate surface area is 203 Å². The average Bonchev–Trinajstić information content (AvgIpc) is 3.13.